The van der Waals surface area contributed by atoms with E-state index in [1.165, 1.54) is 0 Å². The second-order valence-corrected chi connectivity index (χ2v) is 9.88. The lowest BCUT2D eigenvalue weighted by Crippen LogP contribution is -2.58. The van der Waals surface area contributed by atoms with E-state index in [-0.39, 0.29) is 11.1 Å². The number of rotatable bonds is 5. The Kier molecular flexibility index (Phi) is 6.39. The van der Waals surface area contributed by atoms with Crippen molar-refractivity contribution in [3.8, 4) is 0 Å². The molecule has 0 bridgehead atoms. The monoisotopic (exact) mass is 340 g/mol. The molecule has 0 N–H and O–H groups in total. The van der Waals surface area contributed by atoms with Crippen LogP contribution in [0.5, 0.6) is 0 Å². The molecule has 1 saturated carbocycles. The molecule has 4 heteroatoms. The van der Waals surface area contributed by atoms with Crippen LogP contribution in [0.25, 0.3) is 0 Å². The van der Waals surface area contributed by atoms with Crippen LogP contribution in [0.2, 0.25) is 0 Å². The highest BCUT2D eigenvalue weighted by Gasteiger charge is 2.39. The first-order valence-corrected chi connectivity index (χ1v) is 9.76. The van der Waals surface area contributed by atoms with E-state index in [9.17, 15) is 0 Å². The van der Waals surface area contributed by atoms with Gasteiger partial charge in [0.15, 0.2) is 0 Å². The van der Waals surface area contributed by atoms with Gasteiger partial charge in [-0.1, -0.05) is 0 Å². The zero-order chi connectivity index (χ0) is 18.1. The maximum atomic E-state index is 6.12. The van der Waals surface area contributed by atoms with Gasteiger partial charge in [0.2, 0.25) is 0 Å². The molecule has 0 radical (unpaired) electrons. The van der Waals surface area contributed by atoms with Gasteiger partial charge in [-0.3, -0.25) is 9.80 Å². The van der Waals surface area contributed by atoms with Crippen molar-refractivity contribution in [1.29, 1.82) is 0 Å². The first-order valence-electron chi connectivity index (χ1n) is 9.76. The van der Waals surface area contributed by atoms with Crippen LogP contribution < -0.4 is 0 Å². The predicted octanol–water partition coefficient (Wildman–Crippen LogP) is 3.54. The molecule has 1 atom stereocenters. The lowest BCUT2D eigenvalue weighted by atomic mass is 9.86. The van der Waals surface area contributed by atoms with Crippen LogP contribution in [0.3, 0.4) is 0 Å². The second kappa shape index (κ2) is 7.61. The highest BCUT2D eigenvalue weighted by atomic mass is 16.5. The topological polar surface area (TPSA) is 24.9 Å². The molecule has 142 valence electrons. The zero-order valence-corrected chi connectivity index (χ0v) is 17.3. The Morgan fingerprint density at radius 1 is 1.12 bits per heavy atom. The summed E-state index contributed by atoms with van der Waals surface area (Å²) in [6.07, 6.45) is 3.06. The molecule has 1 heterocycles. The van der Waals surface area contributed by atoms with Crippen molar-refractivity contribution in [2.45, 2.75) is 104 Å². The van der Waals surface area contributed by atoms with Crippen LogP contribution in [0.15, 0.2) is 0 Å². The number of nitrogens with zero attached hydrogens (tertiary/aromatic N) is 2. The van der Waals surface area contributed by atoms with E-state index in [1.807, 2.05) is 0 Å². The fraction of sp³-hybridized carbons (Fsp3) is 1.00. The van der Waals surface area contributed by atoms with Gasteiger partial charge in [0.25, 0.3) is 0 Å². The molecule has 1 saturated heterocycles. The van der Waals surface area contributed by atoms with Gasteiger partial charge in [-0.15, -0.1) is 0 Å². The normalized spacial score (nSPS) is 30.0. The van der Waals surface area contributed by atoms with Crippen LogP contribution in [-0.4, -0.2) is 71.5 Å². The van der Waals surface area contributed by atoms with E-state index < -0.39 is 0 Å². The minimum absolute atomic E-state index is 0.0298. The van der Waals surface area contributed by atoms with E-state index in [0.29, 0.717) is 24.3 Å². The maximum Gasteiger partial charge on any atom is 0.0829 e. The summed E-state index contributed by atoms with van der Waals surface area (Å²) in [4.78, 5) is 5.20. The number of hydrogen-bond acceptors (Lipinski definition) is 4. The third kappa shape index (κ3) is 5.69. The molecule has 0 amide bonds. The second-order valence-electron chi connectivity index (χ2n) is 9.88. The summed E-state index contributed by atoms with van der Waals surface area (Å²) >= 11 is 0. The van der Waals surface area contributed by atoms with Crippen LogP contribution in [-0.2, 0) is 9.47 Å². The molecule has 2 aliphatic rings. The van der Waals surface area contributed by atoms with E-state index in [1.54, 1.807) is 0 Å². The third-order valence-electron chi connectivity index (χ3n) is 5.22. The predicted molar refractivity (Wildman–Crippen MR) is 101 cm³/mol. The molecule has 0 spiro atoms. The average Bonchev–Trinajstić information content (AvgIpc) is 2.38. The first kappa shape index (κ1) is 20.2. The molecule has 0 aromatic rings. The molecular formula is C20H40N2O2. The summed E-state index contributed by atoms with van der Waals surface area (Å²) in [5.74, 6) is 0. The van der Waals surface area contributed by atoms with Gasteiger partial charge in [-0.25, -0.2) is 0 Å². The minimum Gasteiger partial charge on any atom is -0.374 e. The Morgan fingerprint density at radius 2 is 1.75 bits per heavy atom. The highest BCUT2D eigenvalue weighted by Crippen LogP contribution is 2.33. The van der Waals surface area contributed by atoms with Gasteiger partial charge >= 0.3 is 0 Å². The van der Waals surface area contributed by atoms with Gasteiger partial charge in [0, 0.05) is 37.3 Å². The molecule has 0 unspecified atom stereocenters. The Hall–Kier alpha value is -0.160. The third-order valence-corrected chi connectivity index (χ3v) is 5.22. The van der Waals surface area contributed by atoms with Crippen molar-refractivity contribution >= 4 is 0 Å². The van der Waals surface area contributed by atoms with Crippen molar-refractivity contribution in [2.24, 2.45) is 0 Å². The van der Waals surface area contributed by atoms with Crippen LogP contribution in [0, 0.1) is 0 Å². The van der Waals surface area contributed by atoms with Crippen molar-refractivity contribution in [2.75, 3.05) is 26.2 Å². The van der Waals surface area contributed by atoms with E-state index in [2.05, 4.69) is 65.2 Å². The first-order chi connectivity index (χ1) is 11.0. The quantitative estimate of drug-likeness (QED) is 0.764. The molecule has 2 rings (SSSR count). The lowest BCUT2D eigenvalue weighted by Gasteiger charge is -2.49. The average molecular weight is 341 g/mol. The largest absolute Gasteiger partial charge is 0.374 e. The van der Waals surface area contributed by atoms with Gasteiger partial charge in [-0.2, -0.15) is 0 Å². The Labute approximate surface area is 149 Å². The lowest BCUT2D eigenvalue weighted by molar-refractivity contribution is -0.134. The van der Waals surface area contributed by atoms with Gasteiger partial charge in [-0.05, 0) is 68.2 Å². The highest BCUT2D eigenvalue weighted by molar-refractivity contribution is 4.93. The van der Waals surface area contributed by atoms with E-state index in [4.69, 9.17) is 9.47 Å². The smallest absolute Gasteiger partial charge is 0.0829 e. The summed E-state index contributed by atoms with van der Waals surface area (Å²) in [6.45, 7) is 22.0. The SMILES string of the molecule is CC(C)N(C[C@H]1CN(C(C)(C)C)CCO1)[C@H]1C[C@@H](OC(C)(C)C)C1. The fourth-order valence-electron chi connectivity index (χ4n) is 3.86. The Bertz CT molecular complexity index is 391. The van der Waals surface area contributed by atoms with E-state index in [0.717, 1.165) is 39.1 Å². The number of hydrogen-bond donors (Lipinski definition) is 0. The standard InChI is InChI=1S/C20H40N2O2/c1-15(2)22(16-11-17(12-16)24-20(6,7)8)14-18-13-21(9-10-23-18)19(3,4)5/h15-18H,9-14H2,1-8H3/t16-,17+,18-/m1/s1. The molecule has 1 aliphatic carbocycles. The molecule has 24 heavy (non-hydrogen) atoms. The summed E-state index contributed by atoms with van der Waals surface area (Å²) in [5.41, 5.74) is 0.199. The van der Waals surface area contributed by atoms with Crippen molar-refractivity contribution in [1.82, 2.24) is 9.80 Å². The zero-order valence-electron chi connectivity index (χ0n) is 17.3. The van der Waals surface area contributed by atoms with Gasteiger partial charge in [0.05, 0.1) is 24.4 Å². The Balaban J connectivity index is 1.86. The summed E-state index contributed by atoms with van der Waals surface area (Å²) in [7, 11) is 0. The maximum absolute atomic E-state index is 6.12. The summed E-state index contributed by atoms with van der Waals surface area (Å²) in [6, 6.07) is 1.20. The van der Waals surface area contributed by atoms with Crippen molar-refractivity contribution in [3.63, 3.8) is 0 Å². The molecule has 4 nitrogen and oxygen atoms in total. The summed E-state index contributed by atoms with van der Waals surface area (Å²) < 4.78 is 12.2. The Morgan fingerprint density at radius 3 is 2.25 bits per heavy atom. The van der Waals surface area contributed by atoms with Crippen molar-refractivity contribution in [3.05, 3.63) is 0 Å². The van der Waals surface area contributed by atoms with Crippen LogP contribution in [0.4, 0.5) is 0 Å². The van der Waals surface area contributed by atoms with E-state index >= 15 is 0 Å². The van der Waals surface area contributed by atoms with Gasteiger partial charge in [0.1, 0.15) is 0 Å². The molecule has 1 aliphatic heterocycles. The number of ether oxygens (including phenoxy) is 2. The molecule has 2 fully saturated rings. The summed E-state index contributed by atoms with van der Waals surface area (Å²) in [5, 5.41) is 0. The molecular weight excluding hydrogens is 300 g/mol. The van der Waals surface area contributed by atoms with Crippen LogP contribution in [0.1, 0.15) is 68.2 Å². The minimum atomic E-state index is -0.0298. The van der Waals surface area contributed by atoms with Crippen molar-refractivity contribution < 1.29 is 9.47 Å². The van der Waals surface area contributed by atoms with Crippen LogP contribution >= 0.6 is 0 Å². The number of morpholine rings is 1. The molecule has 0 aromatic heterocycles. The molecule has 0 aromatic carbocycles. The fourth-order valence-corrected chi connectivity index (χ4v) is 3.86. The van der Waals surface area contributed by atoms with Gasteiger partial charge < -0.3 is 9.47 Å².